The molecule has 0 radical (unpaired) electrons. The number of benzene rings is 2. The molecule has 0 unspecified atom stereocenters. The third kappa shape index (κ3) is 3.29. The number of rotatable bonds is 5. The molecular formula is C17H13N5O3S. The van der Waals surface area contributed by atoms with Gasteiger partial charge >= 0.3 is 0 Å². The van der Waals surface area contributed by atoms with Crippen LogP contribution in [0.5, 0.6) is 5.75 Å². The van der Waals surface area contributed by atoms with Crippen LogP contribution in [0.25, 0.3) is 0 Å². The van der Waals surface area contributed by atoms with Crippen LogP contribution < -0.4 is 4.74 Å². The zero-order valence-corrected chi connectivity index (χ0v) is 14.3. The molecule has 2 heterocycles. The minimum Gasteiger partial charge on any atom is -0.486 e. The van der Waals surface area contributed by atoms with Crippen molar-refractivity contribution < 1.29 is 9.66 Å². The Balaban J connectivity index is 1.60. The van der Waals surface area contributed by atoms with Gasteiger partial charge in [0.1, 0.15) is 12.4 Å². The fourth-order valence-electron chi connectivity index (χ4n) is 2.46. The first kappa shape index (κ1) is 16.3. The maximum Gasteiger partial charge on any atom is 0.270 e. The number of fused-ring (bicyclic) bond motifs is 1. The Morgan fingerprint density at radius 3 is 2.81 bits per heavy atom. The van der Waals surface area contributed by atoms with E-state index in [9.17, 15) is 10.1 Å². The van der Waals surface area contributed by atoms with Crippen molar-refractivity contribution in [2.24, 2.45) is 5.10 Å². The molecule has 1 aromatic heterocycles. The van der Waals surface area contributed by atoms with Crippen molar-refractivity contribution in [2.75, 3.05) is 5.75 Å². The number of nitro groups is 1. The van der Waals surface area contributed by atoms with Gasteiger partial charge in [-0.15, -0.1) is 10.2 Å². The third-order valence-corrected chi connectivity index (χ3v) is 4.67. The van der Waals surface area contributed by atoms with Crippen LogP contribution >= 0.6 is 11.8 Å². The lowest BCUT2D eigenvalue weighted by molar-refractivity contribution is -0.384. The van der Waals surface area contributed by atoms with Crippen LogP contribution in [0.1, 0.15) is 11.4 Å². The molecule has 130 valence electrons. The molecule has 0 N–H and O–H groups in total. The molecule has 0 saturated carbocycles. The predicted octanol–water partition coefficient (Wildman–Crippen LogP) is 3.12. The zero-order valence-electron chi connectivity index (χ0n) is 13.5. The lowest BCUT2D eigenvalue weighted by Gasteiger charge is -2.14. The van der Waals surface area contributed by atoms with Gasteiger partial charge in [-0.25, -0.2) is 0 Å². The number of para-hydroxylation sites is 1. The Bertz CT molecular complexity index is 987. The van der Waals surface area contributed by atoms with Crippen LogP contribution in [0.15, 0.2) is 64.9 Å². The van der Waals surface area contributed by atoms with Gasteiger partial charge in [0.25, 0.3) is 5.69 Å². The molecule has 4 rings (SSSR count). The molecule has 2 aromatic carbocycles. The van der Waals surface area contributed by atoms with Crippen LogP contribution in [0, 0.1) is 10.1 Å². The maximum absolute atomic E-state index is 11.0. The second-order valence-corrected chi connectivity index (χ2v) is 6.40. The van der Waals surface area contributed by atoms with Gasteiger partial charge in [0.2, 0.25) is 5.16 Å². The van der Waals surface area contributed by atoms with E-state index in [0.717, 1.165) is 11.5 Å². The van der Waals surface area contributed by atoms with Gasteiger partial charge in [0, 0.05) is 23.4 Å². The summed E-state index contributed by atoms with van der Waals surface area (Å²) in [6, 6.07) is 15.9. The van der Waals surface area contributed by atoms with Crippen molar-refractivity contribution in [1.29, 1.82) is 0 Å². The van der Waals surface area contributed by atoms with Gasteiger partial charge < -0.3 is 4.74 Å². The van der Waals surface area contributed by atoms with Gasteiger partial charge in [-0.2, -0.15) is 9.78 Å². The minimum absolute atomic E-state index is 0.0392. The molecule has 9 heteroatoms. The van der Waals surface area contributed by atoms with Crippen molar-refractivity contribution in [1.82, 2.24) is 14.9 Å². The van der Waals surface area contributed by atoms with Crippen molar-refractivity contribution in [3.8, 4) is 5.75 Å². The summed E-state index contributed by atoms with van der Waals surface area (Å²) in [5.41, 5.74) is 1.48. The van der Waals surface area contributed by atoms with E-state index in [4.69, 9.17) is 4.74 Å². The Morgan fingerprint density at radius 1 is 1.15 bits per heavy atom. The Kier molecular flexibility index (Phi) is 4.36. The summed E-state index contributed by atoms with van der Waals surface area (Å²) in [5, 5.41) is 24.5. The van der Waals surface area contributed by atoms with Crippen molar-refractivity contribution in [3.05, 3.63) is 76.1 Å². The van der Waals surface area contributed by atoms with Gasteiger partial charge in [-0.05, 0) is 12.1 Å². The normalized spacial score (nSPS) is 13.0. The number of thioether (sulfide) groups is 1. The van der Waals surface area contributed by atoms with Crippen LogP contribution in [0.3, 0.4) is 0 Å². The summed E-state index contributed by atoms with van der Waals surface area (Å²) in [6.07, 6.45) is 0. The van der Waals surface area contributed by atoms with E-state index in [1.54, 1.807) is 10.7 Å². The molecular weight excluding hydrogens is 354 g/mol. The molecule has 0 atom stereocenters. The first-order valence-corrected chi connectivity index (χ1v) is 8.77. The highest BCUT2D eigenvalue weighted by Gasteiger charge is 2.21. The average Bonchev–Trinajstić information content (AvgIpc) is 3.09. The van der Waals surface area contributed by atoms with E-state index in [0.29, 0.717) is 22.3 Å². The van der Waals surface area contributed by atoms with Crippen LogP contribution in [0.2, 0.25) is 0 Å². The molecule has 0 spiro atoms. The number of aromatic nitrogens is 3. The van der Waals surface area contributed by atoms with E-state index >= 15 is 0 Å². The van der Waals surface area contributed by atoms with Crippen LogP contribution in [-0.2, 0) is 6.61 Å². The van der Waals surface area contributed by atoms with Crippen LogP contribution in [0.4, 0.5) is 5.69 Å². The summed E-state index contributed by atoms with van der Waals surface area (Å²) in [6.45, 7) is 0.225. The lowest BCUT2D eigenvalue weighted by atomic mass is 10.1. The fourth-order valence-corrected chi connectivity index (χ4v) is 3.32. The molecule has 1 aliphatic heterocycles. The highest BCUT2D eigenvalue weighted by atomic mass is 32.2. The number of non-ortho nitro benzene ring substituents is 1. The van der Waals surface area contributed by atoms with Crippen molar-refractivity contribution in [2.45, 2.75) is 11.8 Å². The van der Waals surface area contributed by atoms with Crippen molar-refractivity contribution in [3.63, 3.8) is 0 Å². The lowest BCUT2D eigenvalue weighted by Crippen LogP contribution is -2.15. The SMILES string of the molecule is O=[N+]([O-])c1cccc(C2=Nn3c(COc4ccccc4)nnc3SC2)c1. The highest BCUT2D eigenvalue weighted by molar-refractivity contribution is 7.99. The van der Waals surface area contributed by atoms with Gasteiger partial charge in [0.05, 0.1) is 10.6 Å². The van der Waals surface area contributed by atoms with Crippen molar-refractivity contribution >= 4 is 23.2 Å². The monoisotopic (exact) mass is 367 g/mol. The number of ether oxygens (including phenoxy) is 1. The summed E-state index contributed by atoms with van der Waals surface area (Å²) >= 11 is 1.48. The smallest absolute Gasteiger partial charge is 0.270 e. The van der Waals surface area contributed by atoms with E-state index in [1.165, 1.54) is 23.9 Å². The first-order chi connectivity index (χ1) is 12.7. The average molecular weight is 367 g/mol. The maximum atomic E-state index is 11.0. The summed E-state index contributed by atoms with van der Waals surface area (Å²) in [5.74, 6) is 1.87. The van der Waals surface area contributed by atoms with Gasteiger partial charge in [0.15, 0.2) is 5.82 Å². The Morgan fingerprint density at radius 2 is 2.00 bits per heavy atom. The quantitative estimate of drug-likeness (QED) is 0.508. The summed E-state index contributed by atoms with van der Waals surface area (Å²) in [7, 11) is 0. The molecule has 1 aliphatic rings. The number of hydrogen-bond donors (Lipinski definition) is 0. The number of nitro benzene ring substituents is 1. The largest absolute Gasteiger partial charge is 0.486 e. The highest BCUT2D eigenvalue weighted by Crippen LogP contribution is 2.25. The minimum atomic E-state index is -0.413. The molecule has 8 nitrogen and oxygen atoms in total. The van der Waals surface area contributed by atoms with E-state index in [-0.39, 0.29) is 12.3 Å². The molecule has 0 aliphatic carbocycles. The van der Waals surface area contributed by atoms with Gasteiger partial charge in [-0.3, -0.25) is 10.1 Å². The molecule has 0 amide bonds. The Hall–Kier alpha value is -3.20. The summed E-state index contributed by atoms with van der Waals surface area (Å²) < 4.78 is 7.35. The standard InChI is InChI=1S/C17H13N5O3S/c23-22(24)13-6-4-5-12(9-13)15-11-26-17-19-18-16(21(17)20-15)10-25-14-7-2-1-3-8-14/h1-9H,10-11H2. The van der Waals surface area contributed by atoms with E-state index in [2.05, 4.69) is 15.3 Å². The molecule has 26 heavy (non-hydrogen) atoms. The summed E-state index contributed by atoms with van der Waals surface area (Å²) in [4.78, 5) is 10.6. The van der Waals surface area contributed by atoms with Crippen LogP contribution in [-0.4, -0.2) is 31.3 Å². The Labute approximate surface area is 152 Å². The topological polar surface area (TPSA) is 95.4 Å². The second kappa shape index (κ2) is 6.96. The number of hydrogen-bond acceptors (Lipinski definition) is 7. The molecule has 0 bridgehead atoms. The second-order valence-electron chi connectivity index (χ2n) is 5.46. The molecule has 0 saturated heterocycles. The van der Waals surface area contributed by atoms with E-state index in [1.807, 2.05) is 36.4 Å². The molecule has 0 fully saturated rings. The predicted molar refractivity (Wildman–Crippen MR) is 96.6 cm³/mol. The fraction of sp³-hybridized carbons (Fsp3) is 0.118. The number of nitrogens with zero attached hydrogens (tertiary/aromatic N) is 5. The van der Waals surface area contributed by atoms with Gasteiger partial charge in [-0.1, -0.05) is 42.1 Å². The molecule has 3 aromatic rings. The zero-order chi connectivity index (χ0) is 17.9. The van der Waals surface area contributed by atoms with E-state index < -0.39 is 4.92 Å². The third-order valence-electron chi connectivity index (χ3n) is 3.74. The first-order valence-electron chi connectivity index (χ1n) is 7.78.